The number of benzene rings is 2. The van der Waals surface area contributed by atoms with Crippen molar-refractivity contribution in [2.75, 3.05) is 11.9 Å². The van der Waals surface area contributed by atoms with Crippen molar-refractivity contribution in [2.24, 2.45) is 0 Å². The molecule has 0 saturated carbocycles. The van der Waals surface area contributed by atoms with Crippen molar-refractivity contribution in [1.82, 2.24) is 14.9 Å². The van der Waals surface area contributed by atoms with Crippen LogP contribution in [0.5, 0.6) is 0 Å². The molecule has 0 aliphatic carbocycles. The molecule has 30 heavy (non-hydrogen) atoms. The maximum Gasteiger partial charge on any atom is 0.255 e. The molecule has 1 aromatic heterocycles. The highest BCUT2D eigenvalue weighted by molar-refractivity contribution is 6.05. The minimum atomic E-state index is -0.189. The second-order valence-corrected chi connectivity index (χ2v) is 7.60. The topological polar surface area (TPSA) is 75.2 Å². The van der Waals surface area contributed by atoms with Gasteiger partial charge in [-0.15, -0.1) is 0 Å². The quantitative estimate of drug-likeness (QED) is 0.673. The number of aryl methyl sites for hydroxylation is 2. The van der Waals surface area contributed by atoms with Gasteiger partial charge >= 0.3 is 0 Å². The zero-order chi connectivity index (χ0) is 21.1. The van der Waals surface area contributed by atoms with E-state index in [1.54, 1.807) is 12.1 Å². The van der Waals surface area contributed by atoms with Crippen molar-refractivity contribution in [2.45, 2.75) is 46.1 Å². The first kappa shape index (κ1) is 20.0. The van der Waals surface area contributed by atoms with Crippen molar-refractivity contribution in [3.05, 3.63) is 65.0 Å². The summed E-state index contributed by atoms with van der Waals surface area (Å²) in [4.78, 5) is 35.9. The summed E-state index contributed by atoms with van der Waals surface area (Å²) in [5, 5.41) is 2.96. The minimum Gasteiger partial charge on any atom is -0.338 e. The van der Waals surface area contributed by atoms with E-state index in [0.717, 1.165) is 53.8 Å². The van der Waals surface area contributed by atoms with Gasteiger partial charge in [0, 0.05) is 30.8 Å². The van der Waals surface area contributed by atoms with Crippen LogP contribution in [0.1, 0.15) is 54.0 Å². The normalized spacial score (nSPS) is 13.8. The van der Waals surface area contributed by atoms with Gasteiger partial charge in [-0.05, 0) is 55.2 Å². The summed E-state index contributed by atoms with van der Waals surface area (Å²) in [6.07, 6.45) is 3.20. The van der Waals surface area contributed by atoms with Crippen molar-refractivity contribution >= 4 is 28.5 Å². The van der Waals surface area contributed by atoms with Crippen LogP contribution < -0.4 is 5.32 Å². The number of amides is 2. The largest absolute Gasteiger partial charge is 0.338 e. The summed E-state index contributed by atoms with van der Waals surface area (Å²) in [5.41, 5.74) is 5.79. The minimum absolute atomic E-state index is 0.189. The first-order valence-electron chi connectivity index (χ1n) is 10.5. The molecule has 4 rings (SSSR count). The van der Waals surface area contributed by atoms with Crippen LogP contribution in [0.3, 0.4) is 0 Å². The third kappa shape index (κ3) is 4.17. The maximum absolute atomic E-state index is 12.8. The predicted molar refractivity (Wildman–Crippen MR) is 117 cm³/mol. The maximum atomic E-state index is 12.8. The number of hydrogen-bond acceptors (Lipinski definition) is 4. The first-order chi connectivity index (χ1) is 14.6. The third-order valence-corrected chi connectivity index (χ3v) is 5.48. The molecule has 0 atom stereocenters. The lowest BCUT2D eigenvalue weighted by Gasteiger charge is -2.16. The van der Waals surface area contributed by atoms with Gasteiger partial charge in [-0.25, -0.2) is 9.97 Å². The molecule has 2 heterocycles. The van der Waals surface area contributed by atoms with Crippen molar-refractivity contribution in [3.8, 4) is 0 Å². The number of likely N-dealkylation sites (tertiary alicyclic amines) is 1. The number of carbonyl (C=O) groups is 2. The summed E-state index contributed by atoms with van der Waals surface area (Å²) in [7, 11) is 0. The smallest absolute Gasteiger partial charge is 0.255 e. The van der Waals surface area contributed by atoms with Crippen LogP contribution in [0.2, 0.25) is 0 Å². The van der Waals surface area contributed by atoms with Gasteiger partial charge < -0.3 is 10.2 Å². The Hall–Kier alpha value is -3.28. The lowest BCUT2D eigenvalue weighted by Crippen LogP contribution is -2.23. The summed E-state index contributed by atoms with van der Waals surface area (Å²) < 4.78 is 0. The highest BCUT2D eigenvalue weighted by Crippen LogP contribution is 2.20. The van der Waals surface area contributed by atoms with E-state index in [9.17, 15) is 9.59 Å². The summed E-state index contributed by atoms with van der Waals surface area (Å²) >= 11 is 0. The highest BCUT2D eigenvalue weighted by Gasteiger charge is 2.20. The molecule has 1 aliphatic rings. The molecular weight excluding hydrogens is 376 g/mol. The van der Waals surface area contributed by atoms with Crippen LogP contribution in [-0.2, 0) is 24.2 Å². The molecule has 6 nitrogen and oxygen atoms in total. The Morgan fingerprint density at radius 3 is 2.50 bits per heavy atom. The SMILES string of the molecule is CCc1nc2ccc(C(=O)Nc3cccc(CN4CCCC4=O)c3)cc2nc1CC. The molecule has 0 spiro atoms. The van der Waals surface area contributed by atoms with Gasteiger partial charge in [0.15, 0.2) is 0 Å². The third-order valence-electron chi connectivity index (χ3n) is 5.48. The van der Waals surface area contributed by atoms with Gasteiger partial charge in [0.2, 0.25) is 5.91 Å². The molecule has 0 unspecified atom stereocenters. The van der Waals surface area contributed by atoms with E-state index in [4.69, 9.17) is 4.98 Å². The summed E-state index contributed by atoms with van der Waals surface area (Å²) in [6.45, 7) is 5.51. The average molecular weight is 402 g/mol. The molecule has 1 saturated heterocycles. The van der Waals surface area contributed by atoms with Gasteiger partial charge in [-0.3, -0.25) is 9.59 Å². The van der Waals surface area contributed by atoms with E-state index in [1.165, 1.54) is 0 Å². The first-order valence-corrected chi connectivity index (χ1v) is 10.5. The molecule has 2 amide bonds. The van der Waals surface area contributed by atoms with Crippen LogP contribution in [0.25, 0.3) is 11.0 Å². The van der Waals surface area contributed by atoms with E-state index in [1.807, 2.05) is 35.2 Å². The van der Waals surface area contributed by atoms with Gasteiger partial charge in [0.05, 0.1) is 22.4 Å². The van der Waals surface area contributed by atoms with Gasteiger partial charge in [-0.1, -0.05) is 26.0 Å². The summed E-state index contributed by atoms with van der Waals surface area (Å²) in [5.74, 6) is 0.00473. The number of aromatic nitrogens is 2. The Kier molecular flexibility index (Phi) is 5.74. The van der Waals surface area contributed by atoms with Crippen molar-refractivity contribution in [3.63, 3.8) is 0 Å². The predicted octanol–water partition coefficient (Wildman–Crippen LogP) is 4.13. The molecule has 0 radical (unpaired) electrons. The molecule has 1 N–H and O–H groups in total. The Bertz CT molecular complexity index is 1110. The monoisotopic (exact) mass is 402 g/mol. The number of carbonyl (C=O) groups excluding carboxylic acids is 2. The molecule has 154 valence electrons. The lowest BCUT2D eigenvalue weighted by molar-refractivity contribution is -0.128. The van der Waals surface area contributed by atoms with Crippen LogP contribution in [-0.4, -0.2) is 33.2 Å². The number of anilines is 1. The number of fused-ring (bicyclic) bond motifs is 1. The summed E-state index contributed by atoms with van der Waals surface area (Å²) in [6, 6.07) is 13.1. The van der Waals surface area contributed by atoms with Gasteiger partial charge in [0.25, 0.3) is 5.91 Å². The fourth-order valence-electron chi connectivity index (χ4n) is 3.88. The highest BCUT2D eigenvalue weighted by atomic mass is 16.2. The van der Waals surface area contributed by atoms with Gasteiger partial charge in [0.1, 0.15) is 0 Å². The second kappa shape index (κ2) is 8.61. The van der Waals surface area contributed by atoms with Crippen LogP contribution in [0.4, 0.5) is 5.69 Å². The average Bonchev–Trinajstić information content (AvgIpc) is 3.16. The molecule has 2 aromatic carbocycles. The van der Waals surface area contributed by atoms with Crippen LogP contribution >= 0.6 is 0 Å². The Morgan fingerprint density at radius 1 is 1.03 bits per heavy atom. The second-order valence-electron chi connectivity index (χ2n) is 7.60. The molecule has 1 fully saturated rings. The van der Waals surface area contributed by atoms with Crippen LogP contribution in [0, 0.1) is 0 Å². The molecule has 1 aliphatic heterocycles. The Balaban J connectivity index is 1.52. The number of nitrogens with zero attached hydrogens (tertiary/aromatic N) is 3. The van der Waals surface area contributed by atoms with Crippen molar-refractivity contribution in [1.29, 1.82) is 0 Å². The Morgan fingerprint density at radius 2 is 1.80 bits per heavy atom. The molecular formula is C24H26N4O2. The van der Waals surface area contributed by atoms with Crippen LogP contribution in [0.15, 0.2) is 42.5 Å². The fraction of sp³-hybridized carbons (Fsp3) is 0.333. The Labute approximate surface area is 176 Å². The zero-order valence-electron chi connectivity index (χ0n) is 17.4. The number of rotatable bonds is 6. The number of nitrogens with one attached hydrogen (secondary N) is 1. The van der Waals surface area contributed by atoms with E-state index >= 15 is 0 Å². The fourth-order valence-corrected chi connectivity index (χ4v) is 3.88. The van der Waals surface area contributed by atoms with E-state index in [0.29, 0.717) is 24.2 Å². The lowest BCUT2D eigenvalue weighted by atomic mass is 10.1. The zero-order valence-corrected chi connectivity index (χ0v) is 17.4. The standard InChI is InChI=1S/C24H26N4O2/c1-3-19-20(4-2)27-22-14-17(10-11-21(22)26-19)24(30)25-18-8-5-7-16(13-18)15-28-12-6-9-23(28)29/h5,7-8,10-11,13-14H,3-4,6,9,12,15H2,1-2H3,(H,25,30). The van der Waals surface area contributed by atoms with E-state index in [2.05, 4.69) is 24.1 Å². The molecule has 3 aromatic rings. The van der Waals surface area contributed by atoms with E-state index in [-0.39, 0.29) is 11.8 Å². The molecule has 6 heteroatoms. The molecule has 0 bridgehead atoms. The van der Waals surface area contributed by atoms with Gasteiger partial charge in [-0.2, -0.15) is 0 Å². The van der Waals surface area contributed by atoms with Crippen molar-refractivity contribution < 1.29 is 9.59 Å². The van der Waals surface area contributed by atoms with E-state index < -0.39 is 0 Å². The number of hydrogen-bond donors (Lipinski definition) is 1.